The van der Waals surface area contributed by atoms with E-state index in [1.165, 1.54) is 11.5 Å². The largest absolute Gasteiger partial charge is 0.371 e. The van der Waals surface area contributed by atoms with Crippen molar-refractivity contribution in [2.45, 2.75) is 44.8 Å². The van der Waals surface area contributed by atoms with E-state index < -0.39 is 0 Å². The van der Waals surface area contributed by atoms with Crippen LogP contribution in [0.1, 0.15) is 50.1 Å². The molecule has 2 atom stereocenters. The van der Waals surface area contributed by atoms with Gasteiger partial charge in [-0.25, -0.2) is 4.98 Å². The predicted octanol–water partition coefficient (Wildman–Crippen LogP) is 2.73. The first-order valence-corrected chi connectivity index (χ1v) is 8.11. The summed E-state index contributed by atoms with van der Waals surface area (Å²) in [6.45, 7) is 5.01. The second-order valence-electron chi connectivity index (χ2n) is 5.74. The number of anilines is 1. The van der Waals surface area contributed by atoms with Gasteiger partial charge in [0, 0.05) is 42.9 Å². The highest BCUT2D eigenvalue weighted by molar-refractivity contribution is 7.09. The summed E-state index contributed by atoms with van der Waals surface area (Å²) in [6, 6.07) is 0.218. The van der Waals surface area contributed by atoms with E-state index in [1.807, 2.05) is 24.1 Å². The van der Waals surface area contributed by atoms with E-state index in [0.29, 0.717) is 5.92 Å². The lowest BCUT2D eigenvalue weighted by Gasteiger charge is -2.31. The Morgan fingerprint density at radius 1 is 1.48 bits per heavy atom. The third-order valence-electron chi connectivity index (χ3n) is 3.64. The maximum atomic E-state index is 5.96. The molecule has 0 bridgehead atoms. The molecule has 1 fully saturated rings. The molecule has 6 nitrogen and oxygen atoms in total. The van der Waals surface area contributed by atoms with Crippen LogP contribution in [0.15, 0.2) is 12.4 Å². The maximum absolute atomic E-state index is 5.96. The Morgan fingerprint density at radius 3 is 3.00 bits per heavy atom. The number of hydrogen-bond acceptors (Lipinski definition) is 6. The Balaban J connectivity index is 1.74. The van der Waals surface area contributed by atoms with Crippen molar-refractivity contribution in [1.82, 2.24) is 19.1 Å². The van der Waals surface area contributed by atoms with Gasteiger partial charge in [-0.15, -0.1) is 0 Å². The molecular formula is C14H21N5OS. The van der Waals surface area contributed by atoms with Gasteiger partial charge in [-0.05, 0) is 12.8 Å². The molecule has 0 saturated carbocycles. The summed E-state index contributed by atoms with van der Waals surface area (Å²) in [6.07, 6.45) is 6.05. The molecule has 0 aromatic carbocycles. The van der Waals surface area contributed by atoms with Crippen molar-refractivity contribution in [2.24, 2.45) is 7.05 Å². The SMILES string of the molecule is CC(C)c1nsc(N[C@H]2CCCO[C@@H]2c2cnn(C)c2)n1. The van der Waals surface area contributed by atoms with Crippen molar-refractivity contribution in [3.63, 3.8) is 0 Å². The van der Waals surface area contributed by atoms with Crippen molar-refractivity contribution in [2.75, 3.05) is 11.9 Å². The first-order chi connectivity index (χ1) is 10.1. The Labute approximate surface area is 128 Å². The Kier molecular flexibility index (Phi) is 4.21. The van der Waals surface area contributed by atoms with Crippen LogP contribution in [0.2, 0.25) is 0 Å². The fraction of sp³-hybridized carbons (Fsp3) is 0.643. The number of aromatic nitrogens is 4. The van der Waals surface area contributed by atoms with Crippen LogP contribution in [-0.4, -0.2) is 31.8 Å². The summed E-state index contributed by atoms with van der Waals surface area (Å²) >= 11 is 1.43. The monoisotopic (exact) mass is 307 g/mol. The second kappa shape index (κ2) is 6.11. The Hall–Kier alpha value is -1.47. The van der Waals surface area contributed by atoms with E-state index in [0.717, 1.165) is 36.0 Å². The van der Waals surface area contributed by atoms with Crippen LogP contribution in [0, 0.1) is 0 Å². The lowest BCUT2D eigenvalue weighted by molar-refractivity contribution is 0.00560. The van der Waals surface area contributed by atoms with Gasteiger partial charge in [0.15, 0.2) is 0 Å². The maximum Gasteiger partial charge on any atom is 0.202 e. The summed E-state index contributed by atoms with van der Waals surface area (Å²) in [5, 5.41) is 8.62. The van der Waals surface area contributed by atoms with Crippen LogP contribution < -0.4 is 5.32 Å². The molecule has 2 aromatic heterocycles. The first kappa shape index (κ1) is 14.5. The molecule has 3 heterocycles. The zero-order valence-corrected chi connectivity index (χ0v) is 13.4. The predicted molar refractivity (Wildman–Crippen MR) is 82.5 cm³/mol. The number of hydrogen-bond donors (Lipinski definition) is 1. The topological polar surface area (TPSA) is 64.9 Å². The van der Waals surface area contributed by atoms with Gasteiger partial charge in [0.05, 0.1) is 12.2 Å². The van der Waals surface area contributed by atoms with Crippen molar-refractivity contribution >= 4 is 16.7 Å². The van der Waals surface area contributed by atoms with E-state index in [1.54, 1.807) is 0 Å². The fourth-order valence-electron chi connectivity index (χ4n) is 2.53. The number of nitrogens with one attached hydrogen (secondary N) is 1. The number of rotatable bonds is 4. The fourth-order valence-corrected chi connectivity index (χ4v) is 3.30. The van der Waals surface area contributed by atoms with Crippen LogP contribution in [0.3, 0.4) is 0 Å². The minimum Gasteiger partial charge on any atom is -0.371 e. The number of aryl methyl sites for hydroxylation is 1. The van der Waals surface area contributed by atoms with E-state index in [4.69, 9.17) is 4.74 Å². The van der Waals surface area contributed by atoms with E-state index in [2.05, 4.69) is 33.6 Å². The molecule has 3 rings (SSSR count). The molecule has 21 heavy (non-hydrogen) atoms. The highest BCUT2D eigenvalue weighted by Gasteiger charge is 2.29. The molecule has 0 unspecified atom stereocenters. The highest BCUT2D eigenvalue weighted by Crippen LogP contribution is 2.31. The third kappa shape index (κ3) is 3.24. The van der Waals surface area contributed by atoms with E-state index >= 15 is 0 Å². The molecule has 1 aliphatic rings. The quantitative estimate of drug-likeness (QED) is 0.941. The molecule has 114 valence electrons. The lowest BCUT2D eigenvalue weighted by Crippen LogP contribution is -2.33. The number of nitrogens with zero attached hydrogens (tertiary/aromatic N) is 4. The van der Waals surface area contributed by atoms with Crippen molar-refractivity contribution < 1.29 is 4.74 Å². The van der Waals surface area contributed by atoms with E-state index in [-0.39, 0.29) is 12.1 Å². The van der Waals surface area contributed by atoms with Gasteiger partial charge in [0.25, 0.3) is 0 Å². The summed E-state index contributed by atoms with van der Waals surface area (Å²) in [5.74, 6) is 1.26. The van der Waals surface area contributed by atoms with Crippen LogP contribution in [-0.2, 0) is 11.8 Å². The van der Waals surface area contributed by atoms with Crippen molar-refractivity contribution in [1.29, 1.82) is 0 Å². The molecule has 1 N–H and O–H groups in total. The Bertz CT molecular complexity index is 594. The number of ether oxygens (including phenoxy) is 1. The molecule has 2 aromatic rings. The van der Waals surface area contributed by atoms with Crippen molar-refractivity contribution in [3.05, 3.63) is 23.8 Å². The highest BCUT2D eigenvalue weighted by atomic mass is 32.1. The molecule has 0 aliphatic carbocycles. The second-order valence-corrected chi connectivity index (χ2v) is 6.50. The zero-order valence-electron chi connectivity index (χ0n) is 12.6. The molecule has 1 saturated heterocycles. The summed E-state index contributed by atoms with van der Waals surface area (Å²) in [5.41, 5.74) is 1.11. The molecule has 0 radical (unpaired) electrons. The van der Waals surface area contributed by atoms with E-state index in [9.17, 15) is 0 Å². The van der Waals surface area contributed by atoms with Crippen molar-refractivity contribution in [3.8, 4) is 0 Å². The van der Waals surface area contributed by atoms with Gasteiger partial charge in [0.1, 0.15) is 11.9 Å². The van der Waals surface area contributed by atoms with Crippen LogP contribution in [0.25, 0.3) is 0 Å². The van der Waals surface area contributed by atoms with Gasteiger partial charge in [-0.2, -0.15) is 9.47 Å². The minimum atomic E-state index is 0.0267. The normalized spacial score (nSPS) is 22.7. The van der Waals surface area contributed by atoms with Crippen LogP contribution in [0.4, 0.5) is 5.13 Å². The molecule has 1 aliphatic heterocycles. The lowest BCUT2D eigenvalue weighted by atomic mass is 9.98. The zero-order chi connectivity index (χ0) is 14.8. The Morgan fingerprint density at radius 2 is 2.33 bits per heavy atom. The molecule has 0 amide bonds. The average molecular weight is 307 g/mol. The van der Waals surface area contributed by atoms with Crippen LogP contribution in [0.5, 0.6) is 0 Å². The van der Waals surface area contributed by atoms with Gasteiger partial charge >= 0.3 is 0 Å². The summed E-state index contributed by atoms with van der Waals surface area (Å²) in [7, 11) is 1.93. The van der Waals surface area contributed by atoms with Gasteiger partial charge in [-0.3, -0.25) is 4.68 Å². The average Bonchev–Trinajstić information content (AvgIpc) is 3.09. The van der Waals surface area contributed by atoms with Gasteiger partial charge in [0.2, 0.25) is 5.13 Å². The summed E-state index contributed by atoms with van der Waals surface area (Å²) < 4.78 is 12.2. The third-order valence-corrected chi connectivity index (χ3v) is 4.30. The molecule has 0 spiro atoms. The minimum absolute atomic E-state index is 0.0267. The summed E-state index contributed by atoms with van der Waals surface area (Å²) in [4.78, 5) is 4.56. The van der Waals surface area contributed by atoms with Gasteiger partial charge < -0.3 is 10.1 Å². The smallest absolute Gasteiger partial charge is 0.202 e. The molecular weight excluding hydrogens is 286 g/mol. The molecule has 7 heteroatoms. The van der Waals surface area contributed by atoms with Crippen LogP contribution >= 0.6 is 11.5 Å². The standard InChI is InChI=1S/C14H21N5OS/c1-9(2)13-17-14(21-18-13)16-11-5-4-6-20-12(11)10-7-15-19(3)8-10/h7-9,11-12H,4-6H2,1-3H3,(H,16,17,18)/t11-,12+/m0/s1. The van der Waals surface area contributed by atoms with Gasteiger partial charge in [-0.1, -0.05) is 13.8 Å². The first-order valence-electron chi connectivity index (χ1n) is 7.34.